The number of hydrogen-bond acceptors (Lipinski definition) is 4. The number of nitrogens with zero attached hydrogens (tertiary/aromatic N) is 4. The van der Waals surface area contributed by atoms with Crippen LogP contribution in [-0.2, 0) is 11.2 Å². The third-order valence-electron chi connectivity index (χ3n) is 5.69. The smallest absolute Gasteiger partial charge is 0.227 e. The molecular formula is C20H23FN4O. The monoisotopic (exact) mass is 354 g/mol. The summed E-state index contributed by atoms with van der Waals surface area (Å²) in [6.45, 7) is 3.46. The van der Waals surface area contributed by atoms with E-state index in [1.165, 1.54) is 12.1 Å². The van der Waals surface area contributed by atoms with Crippen molar-refractivity contribution in [1.82, 2.24) is 14.9 Å². The molecule has 0 bridgehead atoms. The van der Waals surface area contributed by atoms with Gasteiger partial charge in [-0.1, -0.05) is 12.1 Å². The van der Waals surface area contributed by atoms with Crippen LogP contribution >= 0.6 is 0 Å². The Balaban J connectivity index is 1.34. The first kappa shape index (κ1) is 16.9. The maximum absolute atomic E-state index is 13.3. The van der Waals surface area contributed by atoms with E-state index in [2.05, 4.69) is 14.9 Å². The van der Waals surface area contributed by atoms with E-state index in [0.29, 0.717) is 0 Å². The molecular weight excluding hydrogens is 331 g/mol. The fourth-order valence-corrected chi connectivity index (χ4v) is 4.13. The van der Waals surface area contributed by atoms with Crippen molar-refractivity contribution in [2.24, 2.45) is 5.41 Å². The van der Waals surface area contributed by atoms with Gasteiger partial charge in [-0.15, -0.1) is 0 Å². The molecule has 2 aliphatic rings. The van der Waals surface area contributed by atoms with Crippen LogP contribution in [-0.4, -0.2) is 47.0 Å². The first-order valence-corrected chi connectivity index (χ1v) is 9.18. The number of halogens is 1. The Labute approximate surface area is 152 Å². The summed E-state index contributed by atoms with van der Waals surface area (Å²) in [7, 11) is 0. The number of piperidine rings is 1. The molecule has 6 heteroatoms. The average Bonchev–Trinajstić information content (AvgIpc) is 3.07. The summed E-state index contributed by atoms with van der Waals surface area (Å²) in [5, 5.41) is 0. The number of rotatable bonds is 3. The molecule has 2 aliphatic heterocycles. The lowest BCUT2D eigenvalue weighted by Gasteiger charge is -2.39. The Morgan fingerprint density at radius 3 is 2.54 bits per heavy atom. The van der Waals surface area contributed by atoms with E-state index in [0.717, 1.165) is 57.0 Å². The number of likely N-dealkylation sites (tertiary alicyclic amines) is 1. The Hall–Kier alpha value is -2.50. The maximum Gasteiger partial charge on any atom is 0.227 e. The summed E-state index contributed by atoms with van der Waals surface area (Å²) >= 11 is 0. The van der Waals surface area contributed by atoms with Gasteiger partial charge in [0.1, 0.15) is 5.82 Å². The largest absolute Gasteiger partial charge is 0.342 e. The van der Waals surface area contributed by atoms with E-state index in [4.69, 9.17) is 0 Å². The van der Waals surface area contributed by atoms with E-state index in [1.807, 2.05) is 17.0 Å². The highest BCUT2D eigenvalue weighted by Gasteiger charge is 2.42. The molecule has 3 heterocycles. The third kappa shape index (κ3) is 3.54. The van der Waals surface area contributed by atoms with Crippen LogP contribution in [0.25, 0.3) is 0 Å². The van der Waals surface area contributed by atoms with Gasteiger partial charge in [-0.3, -0.25) is 4.79 Å². The van der Waals surface area contributed by atoms with Crippen molar-refractivity contribution in [3.8, 4) is 0 Å². The normalized spacial score (nSPS) is 19.1. The highest BCUT2D eigenvalue weighted by atomic mass is 19.1. The number of aromatic nitrogens is 2. The van der Waals surface area contributed by atoms with Crippen LogP contribution in [0, 0.1) is 11.2 Å². The van der Waals surface area contributed by atoms with Crippen molar-refractivity contribution in [2.75, 3.05) is 31.1 Å². The number of amides is 1. The van der Waals surface area contributed by atoms with Crippen molar-refractivity contribution >= 4 is 11.9 Å². The topological polar surface area (TPSA) is 49.3 Å². The maximum atomic E-state index is 13.3. The van der Waals surface area contributed by atoms with Gasteiger partial charge in [0.2, 0.25) is 11.9 Å². The van der Waals surface area contributed by atoms with E-state index in [9.17, 15) is 9.18 Å². The SMILES string of the molecule is O=C(Cc1cccc(F)c1)N1CCC2(CCN(c3ncccn3)CC2)C1. The molecule has 2 fully saturated rings. The molecule has 26 heavy (non-hydrogen) atoms. The van der Waals surface area contributed by atoms with Crippen molar-refractivity contribution in [2.45, 2.75) is 25.7 Å². The summed E-state index contributed by atoms with van der Waals surface area (Å²) in [5.74, 6) is 0.601. The minimum Gasteiger partial charge on any atom is -0.342 e. The van der Waals surface area contributed by atoms with Gasteiger partial charge in [-0.05, 0) is 48.4 Å². The van der Waals surface area contributed by atoms with Gasteiger partial charge in [0.05, 0.1) is 6.42 Å². The number of hydrogen-bond donors (Lipinski definition) is 0. The molecule has 0 aliphatic carbocycles. The summed E-state index contributed by atoms with van der Waals surface area (Å²) in [6.07, 6.45) is 6.97. The van der Waals surface area contributed by atoms with Crippen molar-refractivity contribution in [3.05, 3.63) is 54.1 Å². The summed E-state index contributed by atoms with van der Waals surface area (Å²) in [6, 6.07) is 8.15. The molecule has 4 rings (SSSR count). The van der Waals surface area contributed by atoms with Gasteiger partial charge in [-0.25, -0.2) is 14.4 Å². The zero-order valence-electron chi connectivity index (χ0n) is 14.8. The zero-order chi connectivity index (χ0) is 18.0. The van der Waals surface area contributed by atoms with Crippen LogP contribution in [0.3, 0.4) is 0 Å². The molecule has 0 radical (unpaired) electrons. The molecule has 1 aromatic heterocycles. The molecule has 0 atom stereocenters. The van der Waals surface area contributed by atoms with E-state index >= 15 is 0 Å². The highest BCUT2D eigenvalue weighted by molar-refractivity contribution is 5.79. The molecule has 136 valence electrons. The minimum absolute atomic E-state index is 0.0984. The minimum atomic E-state index is -0.288. The summed E-state index contributed by atoms with van der Waals surface area (Å²) < 4.78 is 13.3. The van der Waals surface area contributed by atoms with Crippen molar-refractivity contribution < 1.29 is 9.18 Å². The highest BCUT2D eigenvalue weighted by Crippen LogP contribution is 2.41. The fraction of sp³-hybridized carbons (Fsp3) is 0.450. The lowest BCUT2D eigenvalue weighted by molar-refractivity contribution is -0.129. The van der Waals surface area contributed by atoms with E-state index < -0.39 is 0 Å². The quantitative estimate of drug-likeness (QED) is 0.850. The van der Waals surface area contributed by atoms with Crippen LogP contribution in [0.5, 0.6) is 0 Å². The third-order valence-corrected chi connectivity index (χ3v) is 5.69. The second-order valence-electron chi connectivity index (χ2n) is 7.41. The van der Waals surface area contributed by atoms with Crippen LogP contribution in [0.4, 0.5) is 10.3 Å². The molecule has 5 nitrogen and oxygen atoms in total. The first-order valence-electron chi connectivity index (χ1n) is 9.18. The molecule has 1 amide bonds. The fourth-order valence-electron chi connectivity index (χ4n) is 4.13. The second kappa shape index (κ2) is 7.02. The zero-order valence-corrected chi connectivity index (χ0v) is 14.8. The molecule has 0 saturated carbocycles. The Morgan fingerprint density at radius 1 is 1.08 bits per heavy atom. The molecule has 1 aromatic carbocycles. The van der Waals surface area contributed by atoms with Crippen LogP contribution in [0.2, 0.25) is 0 Å². The summed E-state index contributed by atoms with van der Waals surface area (Å²) in [5.41, 5.74) is 0.954. The molecule has 0 unspecified atom stereocenters. The Morgan fingerprint density at radius 2 is 1.81 bits per heavy atom. The predicted octanol–water partition coefficient (Wildman–Crippen LogP) is 2.68. The number of benzene rings is 1. The van der Waals surface area contributed by atoms with Gasteiger partial charge >= 0.3 is 0 Å². The van der Waals surface area contributed by atoms with Crippen molar-refractivity contribution in [3.63, 3.8) is 0 Å². The van der Waals surface area contributed by atoms with Gasteiger partial charge in [0, 0.05) is 38.6 Å². The van der Waals surface area contributed by atoms with E-state index in [-0.39, 0.29) is 23.6 Å². The van der Waals surface area contributed by atoms with Crippen LogP contribution in [0.1, 0.15) is 24.8 Å². The second-order valence-corrected chi connectivity index (χ2v) is 7.41. The standard InChI is InChI=1S/C20H23FN4O/c21-17-4-1-3-16(13-17)14-18(26)25-12-7-20(15-25)5-10-24(11-6-20)19-22-8-2-9-23-19/h1-4,8-9,13H,5-7,10-12,14-15H2. The van der Waals surface area contributed by atoms with Crippen LogP contribution < -0.4 is 4.90 Å². The van der Waals surface area contributed by atoms with Gasteiger partial charge in [0.25, 0.3) is 0 Å². The Kier molecular flexibility index (Phi) is 4.57. The lowest BCUT2D eigenvalue weighted by atomic mass is 9.78. The van der Waals surface area contributed by atoms with Gasteiger partial charge in [-0.2, -0.15) is 0 Å². The molecule has 2 aromatic rings. The van der Waals surface area contributed by atoms with Crippen LogP contribution in [0.15, 0.2) is 42.7 Å². The number of carbonyl (C=O) groups is 1. The number of anilines is 1. The first-order chi connectivity index (χ1) is 12.6. The molecule has 1 spiro atoms. The molecule has 0 N–H and O–H groups in total. The Bertz CT molecular complexity index is 774. The average molecular weight is 354 g/mol. The van der Waals surface area contributed by atoms with Crippen molar-refractivity contribution in [1.29, 1.82) is 0 Å². The molecule has 2 saturated heterocycles. The lowest BCUT2D eigenvalue weighted by Crippen LogP contribution is -2.43. The predicted molar refractivity (Wildman–Crippen MR) is 97.2 cm³/mol. The van der Waals surface area contributed by atoms with Gasteiger partial charge in [0.15, 0.2) is 0 Å². The van der Waals surface area contributed by atoms with E-state index in [1.54, 1.807) is 18.5 Å². The summed E-state index contributed by atoms with van der Waals surface area (Å²) in [4.78, 5) is 25.5. The van der Waals surface area contributed by atoms with Gasteiger partial charge < -0.3 is 9.80 Å². The number of carbonyl (C=O) groups excluding carboxylic acids is 1.